The zero-order chi connectivity index (χ0) is 22.8. The summed E-state index contributed by atoms with van der Waals surface area (Å²) < 4.78 is 23.9. The highest BCUT2D eigenvalue weighted by atomic mass is 35.5. The molecule has 9 heteroatoms. The predicted octanol–water partition coefficient (Wildman–Crippen LogP) is 4.38. The van der Waals surface area contributed by atoms with E-state index < -0.39 is 23.6 Å². The molecule has 2 amide bonds. The molecule has 1 N–H and O–H groups in total. The van der Waals surface area contributed by atoms with Gasteiger partial charge in [0.1, 0.15) is 22.9 Å². The van der Waals surface area contributed by atoms with Crippen molar-refractivity contribution >= 4 is 41.1 Å². The number of hydrazine groups is 1. The number of halogens is 2. The summed E-state index contributed by atoms with van der Waals surface area (Å²) in [6, 6.07) is 13.1. The summed E-state index contributed by atoms with van der Waals surface area (Å²) in [6.45, 7) is 1.91. The van der Waals surface area contributed by atoms with Crippen molar-refractivity contribution in [1.29, 1.82) is 0 Å². The molecule has 0 aliphatic carbocycles. The molecule has 2 heterocycles. The number of ether oxygens (including phenoxy) is 1. The molecule has 1 aromatic heterocycles. The molecule has 1 fully saturated rings. The van der Waals surface area contributed by atoms with Crippen LogP contribution in [-0.2, 0) is 14.3 Å². The third-order valence-electron chi connectivity index (χ3n) is 4.64. The van der Waals surface area contributed by atoms with E-state index in [4.69, 9.17) is 20.8 Å². The van der Waals surface area contributed by atoms with Gasteiger partial charge in [0.2, 0.25) is 0 Å². The van der Waals surface area contributed by atoms with Gasteiger partial charge in [-0.3, -0.25) is 15.0 Å². The molecule has 0 unspecified atom stereocenters. The van der Waals surface area contributed by atoms with Gasteiger partial charge in [-0.15, -0.1) is 0 Å². The average Bonchev–Trinajstić information content (AvgIpc) is 3.35. The number of esters is 1. The van der Waals surface area contributed by atoms with Crippen molar-refractivity contribution in [1.82, 2.24) is 5.43 Å². The highest BCUT2D eigenvalue weighted by molar-refractivity contribution is 6.33. The van der Waals surface area contributed by atoms with Crippen molar-refractivity contribution in [2.24, 2.45) is 0 Å². The van der Waals surface area contributed by atoms with Gasteiger partial charge in [0.15, 0.2) is 0 Å². The van der Waals surface area contributed by atoms with Crippen LogP contribution in [-0.4, -0.2) is 24.4 Å². The van der Waals surface area contributed by atoms with Gasteiger partial charge in [-0.2, -0.15) is 0 Å². The Morgan fingerprint density at radius 2 is 1.91 bits per heavy atom. The summed E-state index contributed by atoms with van der Waals surface area (Å²) >= 11 is 6.09. The zero-order valence-electron chi connectivity index (χ0n) is 16.7. The van der Waals surface area contributed by atoms with Gasteiger partial charge in [-0.1, -0.05) is 11.6 Å². The number of benzene rings is 2. The Hall–Kier alpha value is -3.91. The van der Waals surface area contributed by atoms with Gasteiger partial charge in [-0.25, -0.2) is 14.2 Å². The molecule has 3 aromatic rings. The van der Waals surface area contributed by atoms with E-state index >= 15 is 0 Å². The lowest BCUT2D eigenvalue weighted by Gasteiger charge is -2.14. The fraction of sp³-hybridized carbons (Fsp3) is 0.0870. The maximum Gasteiger partial charge on any atom is 0.339 e. The van der Waals surface area contributed by atoms with Crippen LogP contribution in [0.1, 0.15) is 23.0 Å². The van der Waals surface area contributed by atoms with Gasteiger partial charge in [0.05, 0.1) is 22.9 Å². The van der Waals surface area contributed by atoms with E-state index in [2.05, 4.69) is 5.43 Å². The Morgan fingerprint density at radius 3 is 2.62 bits per heavy atom. The van der Waals surface area contributed by atoms with E-state index in [1.165, 1.54) is 30.3 Å². The lowest BCUT2D eigenvalue weighted by molar-refractivity contribution is -0.117. The minimum absolute atomic E-state index is 0.140. The molecule has 1 aliphatic rings. The van der Waals surface area contributed by atoms with Crippen molar-refractivity contribution in [3.05, 3.63) is 82.3 Å². The van der Waals surface area contributed by atoms with Crippen LogP contribution in [0.3, 0.4) is 0 Å². The number of rotatable bonds is 5. The molecule has 2 aromatic carbocycles. The first-order chi connectivity index (χ1) is 15.4. The normalized spacial score (nSPS) is 14.7. The molecule has 0 bridgehead atoms. The smallest absolute Gasteiger partial charge is 0.339 e. The second-order valence-corrected chi connectivity index (χ2v) is 7.14. The summed E-state index contributed by atoms with van der Waals surface area (Å²) in [6.07, 6.45) is 1.31. The molecular formula is C23H16ClFN2O5. The van der Waals surface area contributed by atoms with Gasteiger partial charge in [0.25, 0.3) is 11.8 Å². The number of nitrogens with one attached hydrogen (secondary N) is 1. The van der Waals surface area contributed by atoms with Gasteiger partial charge in [-0.05, 0) is 67.6 Å². The molecule has 0 spiro atoms. The summed E-state index contributed by atoms with van der Waals surface area (Å²) in [4.78, 5) is 37.1. The van der Waals surface area contributed by atoms with Crippen LogP contribution < -0.4 is 10.4 Å². The lowest BCUT2D eigenvalue weighted by atomic mass is 10.1. The minimum Gasteiger partial charge on any atom is -0.462 e. The number of hydrogen-bond donors (Lipinski definition) is 1. The van der Waals surface area contributed by atoms with Crippen LogP contribution >= 0.6 is 11.6 Å². The van der Waals surface area contributed by atoms with Crippen molar-refractivity contribution in [2.75, 3.05) is 11.6 Å². The van der Waals surface area contributed by atoms with Crippen LogP contribution in [0, 0.1) is 5.82 Å². The molecule has 7 nitrogen and oxygen atoms in total. The Morgan fingerprint density at radius 1 is 1.16 bits per heavy atom. The van der Waals surface area contributed by atoms with E-state index in [1.54, 1.807) is 37.3 Å². The molecule has 0 atom stereocenters. The van der Waals surface area contributed by atoms with E-state index in [0.717, 1.165) is 5.01 Å². The first-order valence-corrected chi connectivity index (χ1v) is 9.94. The summed E-state index contributed by atoms with van der Waals surface area (Å²) in [7, 11) is 0. The minimum atomic E-state index is -0.617. The third-order valence-corrected chi connectivity index (χ3v) is 4.97. The number of anilines is 1. The summed E-state index contributed by atoms with van der Waals surface area (Å²) in [5, 5.41) is 1.28. The first-order valence-electron chi connectivity index (χ1n) is 9.57. The SMILES string of the molecule is CCOC(=O)c1cc(-c2ccc(/C=C3\C(=O)NN(c4ccc(F)cc4)C3=O)o2)ccc1Cl. The van der Waals surface area contributed by atoms with Gasteiger partial charge in [0, 0.05) is 5.56 Å². The average molecular weight is 455 g/mol. The highest BCUT2D eigenvalue weighted by Crippen LogP contribution is 2.29. The van der Waals surface area contributed by atoms with Crippen molar-refractivity contribution in [3.63, 3.8) is 0 Å². The van der Waals surface area contributed by atoms with Gasteiger partial charge < -0.3 is 9.15 Å². The second kappa shape index (κ2) is 8.68. The summed E-state index contributed by atoms with van der Waals surface area (Å²) in [5.74, 6) is -1.57. The quantitative estimate of drug-likeness (QED) is 0.351. The Balaban J connectivity index is 1.60. The van der Waals surface area contributed by atoms with Crippen LogP contribution in [0.2, 0.25) is 5.02 Å². The molecule has 0 radical (unpaired) electrons. The monoisotopic (exact) mass is 454 g/mol. The Kier molecular flexibility index (Phi) is 5.79. The zero-order valence-corrected chi connectivity index (χ0v) is 17.5. The largest absolute Gasteiger partial charge is 0.462 e. The number of amides is 2. The number of hydrogen-bond acceptors (Lipinski definition) is 5. The molecule has 32 heavy (non-hydrogen) atoms. The first kappa shape index (κ1) is 21.3. The molecule has 162 valence electrons. The third kappa shape index (κ3) is 4.13. The number of carbonyl (C=O) groups excluding carboxylic acids is 3. The Labute approximate surface area is 187 Å². The van der Waals surface area contributed by atoms with Crippen molar-refractivity contribution in [2.45, 2.75) is 6.92 Å². The van der Waals surface area contributed by atoms with Crippen LogP contribution in [0.25, 0.3) is 17.4 Å². The summed E-state index contributed by atoms with van der Waals surface area (Å²) in [5.41, 5.74) is 3.38. The topological polar surface area (TPSA) is 88.9 Å². The molecule has 0 saturated carbocycles. The maximum atomic E-state index is 13.1. The van der Waals surface area contributed by atoms with Crippen molar-refractivity contribution in [3.8, 4) is 11.3 Å². The fourth-order valence-electron chi connectivity index (χ4n) is 3.10. The standard InChI is InChI=1S/C23H16ClFN2O5/c1-2-31-23(30)17-11-13(3-9-19(17)24)20-10-8-16(32-20)12-18-21(28)26-27(22(18)29)15-6-4-14(25)5-7-15/h3-12H,2H2,1H3,(H,26,28)/b18-12+. The van der Waals surface area contributed by atoms with Crippen molar-refractivity contribution < 1.29 is 27.9 Å². The number of furan rings is 1. The lowest BCUT2D eigenvalue weighted by Crippen LogP contribution is -2.35. The molecule has 4 rings (SSSR count). The van der Waals surface area contributed by atoms with Crippen LogP contribution in [0.5, 0.6) is 0 Å². The molecular weight excluding hydrogens is 439 g/mol. The van der Waals surface area contributed by atoms with E-state index in [-0.39, 0.29) is 28.5 Å². The Bertz CT molecular complexity index is 1250. The second-order valence-electron chi connectivity index (χ2n) is 6.73. The number of carbonyl (C=O) groups is 3. The molecule has 1 aliphatic heterocycles. The predicted molar refractivity (Wildman–Crippen MR) is 115 cm³/mol. The van der Waals surface area contributed by atoms with E-state index in [0.29, 0.717) is 17.0 Å². The maximum absolute atomic E-state index is 13.1. The molecule has 1 saturated heterocycles. The van der Waals surface area contributed by atoms with E-state index in [1.807, 2.05) is 0 Å². The highest BCUT2D eigenvalue weighted by Gasteiger charge is 2.34. The van der Waals surface area contributed by atoms with E-state index in [9.17, 15) is 18.8 Å². The number of nitrogens with zero attached hydrogens (tertiary/aromatic N) is 1. The van der Waals surface area contributed by atoms with Gasteiger partial charge >= 0.3 is 5.97 Å². The van der Waals surface area contributed by atoms with Crippen LogP contribution in [0.4, 0.5) is 10.1 Å². The van der Waals surface area contributed by atoms with Crippen LogP contribution in [0.15, 0.2) is 64.6 Å². The fourth-order valence-corrected chi connectivity index (χ4v) is 3.30.